The molecule has 0 saturated carbocycles. The second kappa shape index (κ2) is 73.4. The summed E-state index contributed by atoms with van der Waals surface area (Å²) < 4.78 is 68.6. The van der Waals surface area contributed by atoms with Gasteiger partial charge in [-0.15, -0.1) is 0 Å². The summed E-state index contributed by atoms with van der Waals surface area (Å²) in [5.41, 5.74) is 0. The summed E-state index contributed by atoms with van der Waals surface area (Å²) in [6.45, 7) is 5.00. The summed E-state index contributed by atoms with van der Waals surface area (Å²) >= 11 is 0. The summed E-state index contributed by atoms with van der Waals surface area (Å²) in [5, 5.41) is 10.6. The molecule has 582 valence electrons. The Bertz CT molecular complexity index is 1860. The van der Waals surface area contributed by atoms with Gasteiger partial charge in [0.05, 0.1) is 26.4 Å². The predicted octanol–water partition coefficient (Wildman–Crippen LogP) is 23.8. The molecule has 0 aliphatic rings. The number of aliphatic hydroxyl groups is 1. The van der Waals surface area contributed by atoms with Gasteiger partial charge in [0, 0.05) is 25.7 Å². The zero-order valence-electron chi connectivity index (χ0n) is 63.8. The standard InChI is InChI=1S/C79H154O17P2/c1-5-9-13-17-21-25-29-32-34-35-36-37-38-39-41-43-46-50-54-58-62-66-79(84)96-75(70-90-77(82)64-60-56-52-48-45-42-40-33-30-26-22-18-14-10-6-2)72-94-98(87,88)92-68-73(80)67-91-97(85,86)93-71-74(69-89-76(81)63-59-55-51-47-28-24-20-16-12-8-4)95-78(83)65-61-57-53-49-44-31-27-23-19-15-11-7-3/h73-75,80H,5-72H2,1-4H3,(H,85,86)(H,87,88)/t73-,74+,75+/m0/s1. The van der Waals surface area contributed by atoms with Crippen LogP contribution in [0.1, 0.15) is 426 Å². The molecule has 0 aliphatic heterocycles. The van der Waals surface area contributed by atoms with Crippen LogP contribution in [-0.2, 0) is 65.4 Å². The lowest BCUT2D eigenvalue weighted by Crippen LogP contribution is -2.30. The Hall–Kier alpha value is -1.94. The lowest BCUT2D eigenvalue weighted by molar-refractivity contribution is -0.161. The molecule has 17 nitrogen and oxygen atoms in total. The second-order valence-corrected chi connectivity index (χ2v) is 31.4. The topological polar surface area (TPSA) is 237 Å². The van der Waals surface area contributed by atoms with Crippen molar-refractivity contribution in [3.05, 3.63) is 0 Å². The van der Waals surface area contributed by atoms with E-state index in [1.807, 2.05) is 0 Å². The highest BCUT2D eigenvalue weighted by Crippen LogP contribution is 2.45. The van der Waals surface area contributed by atoms with E-state index in [2.05, 4.69) is 27.7 Å². The van der Waals surface area contributed by atoms with Crippen LogP contribution in [-0.4, -0.2) is 96.7 Å². The van der Waals surface area contributed by atoms with Gasteiger partial charge in [-0.05, 0) is 25.7 Å². The van der Waals surface area contributed by atoms with Gasteiger partial charge >= 0.3 is 39.5 Å². The first-order valence-corrected chi connectivity index (χ1v) is 44.3. The Morgan fingerprint density at radius 1 is 0.245 bits per heavy atom. The Labute approximate surface area is 600 Å². The molecule has 0 aliphatic carbocycles. The number of phosphoric ester groups is 2. The molecule has 19 heteroatoms. The van der Waals surface area contributed by atoms with Crippen LogP contribution in [0.4, 0.5) is 0 Å². The van der Waals surface area contributed by atoms with Gasteiger partial charge in [0.2, 0.25) is 0 Å². The third kappa shape index (κ3) is 72.4. The lowest BCUT2D eigenvalue weighted by atomic mass is 10.0. The number of hydrogen-bond acceptors (Lipinski definition) is 15. The molecule has 0 amide bonds. The molecular formula is C79H154O17P2. The first kappa shape index (κ1) is 96.1. The van der Waals surface area contributed by atoms with Gasteiger partial charge in [-0.1, -0.05) is 374 Å². The van der Waals surface area contributed by atoms with Crippen molar-refractivity contribution in [1.82, 2.24) is 0 Å². The molecule has 0 aromatic rings. The van der Waals surface area contributed by atoms with E-state index in [0.717, 1.165) is 89.9 Å². The number of unbranched alkanes of at least 4 members (excludes halogenated alkanes) is 54. The summed E-state index contributed by atoms with van der Waals surface area (Å²) in [6, 6.07) is 0. The number of esters is 4. The van der Waals surface area contributed by atoms with Gasteiger partial charge in [0.25, 0.3) is 0 Å². The summed E-state index contributed by atoms with van der Waals surface area (Å²) in [4.78, 5) is 72.9. The quantitative estimate of drug-likeness (QED) is 0.0222. The van der Waals surface area contributed by atoms with Crippen LogP contribution in [0.15, 0.2) is 0 Å². The fourth-order valence-corrected chi connectivity index (χ4v) is 13.9. The van der Waals surface area contributed by atoms with E-state index in [9.17, 15) is 43.2 Å². The Morgan fingerprint density at radius 2 is 0.408 bits per heavy atom. The van der Waals surface area contributed by atoms with E-state index < -0.39 is 97.5 Å². The Balaban J connectivity index is 5.20. The molecule has 98 heavy (non-hydrogen) atoms. The maximum absolute atomic E-state index is 13.1. The average Bonchev–Trinajstić information content (AvgIpc) is 1.01. The summed E-state index contributed by atoms with van der Waals surface area (Å²) in [6.07, 6.45) is 65.2. The molecule has 0 rings (SSSR count). The first-order valence-electron chi connectivity index (χ1n) is 41.3. The highest BCUT2D eigenvalue weighted by atomic mass is 31.2. The van der Waals surface area contributed by atoms with Crippen molar-refractivity contribution < 1.29 is 80.2 Å². The third-order valence-electron chi connectivity index (χ3n) is 18.6. The maximum atomic E-state index is 13.1. The van der Waals surface area contributed by atoms with Crippen molar-refractivity contribution in [3.63, 3.8) is 0 Å². The SMILES string of the molecule is CCCCCCCCCCCCCCCCCCCCCCCC(=O)O[C@H](COC(=O)CCCCCCCCCCCCCCCCC)COP(=O)(O)OC[C@@H](O)COP(=O)(O)OC[C@@H](COC(=O)CCCCCCCCCCCC)OC(=O)CCCCCCCCCCCCCC. The van der Waals surface area contributed by atoms with Crippen LogP contribution in [0.25, 0.3) is 0 Å². The Morgan fingerprint density at radius 3 is 0.602 bits per heavy atom. The molecule has 0 saturated heterocycles. The van der Waals surface area contributed by atoms with Gasteiger partial charge < -0.3 is 33.8 Å². The van der Waals surface area contributed by atoms with E-state index >= 15 is 0 Å². The number of rotatable bonds is 80. The van der Waals surface area contributed by atoms with Crippen molar-refractivity contribution in [2.24, 2.45) is 0 Å². The second-order valence-electron chi connectivity index (χ2n) is 28.5. The summed E-state index contributed by atoms with van der Waals surface area (Å²) in [7, 11) is -9.91. The number of carbonyl (C=O) groups is 4. The number of phosphoric acid groups is 2. The number of ether oxygens (including phenoxy) is 4. The van der Waals surface area contributed by atoms with Crippen LogP contribution in [0.2, 0.25) is 0 Å². The minimum Gasteiger partial charge on any atom is -0.462 e. The molecule has 2 unspecified atom stereocenters. The van der Waals surface area contributed by atoms with Crippen molar-refractivity contribution in [1.29, 1.82) is 0 Å². The van der Waals surface area contributed by atoms with Crippen LogP contribution in [0, 0.1) is 0 Å². The first-order chi connectivity index (χ1) is 47.7. The van der Waals surface area contributed by atoms with E-state index in [-0.39, 0.29) is 25.7 Å². The normalized spacial score (nSPS) is 13.8. The van der Waals surface area contributed by atoms with Crippen molar-refractivity contribution >= 4 is 39.5 Å². The molecule has 3 N–H and O–H groups in total. The number of carbonyl (C=O) groups excluding carboxylic acids is 4. The van der Waals surface area contributed by atoms with Gasteiger partial charge in [0.1, 0.15) is 19.3 Å². The number of hydrogen-bond donors (Lipinski definition) is 3. The molecule has 0 fully saturated rings. The van der Waals surface area contributed by atoms with Gasteiger partial charge in [-0.3, -0.25) is 37.3 Å². The minimum atomic E-state index is -4.96. The van der Waals surface area contributed by atoms with Gasteiger partial charge in [-0.2, -0.15) is 0 Å². The third-order valence-corrected chi connectivity index (χ3v) is 20.5. The van der Waals surface area contributed by atoms with Crippen molar-refractivity contribution in [2.45, 2.75) is 444 Å². The van der Waals surface area contributed by atoms with E-state index in [1.54, 1.807) is 0 Å². The molecule has 0 radical (unpaired) electrons. The van der Waals surface area contributed by atoms with E-state index in [1.165, 1.54) is 257 Å². The van der Waals surface area contributed by atoms with Crippen LogP contribution in [0.3, 0.4) is 0 Å². The maximum Gasteiger partial charge on any atom is 0.472 e. The molecule has 0 heterocycles. The highest BCUT2D eigenvalue weighted by molar-refractivity contribution is 7.47. The van der Waals surface area contributed by atoms with Crippen molar-refractivity contribution in [3.8, 4) is 0 Å². The fraction of sp³-hybridized carbons (Fsp3) is 0.949. The predicted molar refractivity (Wildman–Crippen MR) is 400 cm³/mol. The molecule has 0 bridgehead atoms. The van der Waals surface area contributed by atoms with Crippen LogP contribution < -0.4 is 0 Å². The van der Waals surface area contributed by atoms with Gasteiger partial charge in [0.15, 0.2) is 12.2 Å². The summed E-state index contributed by atoms with van der Waals surface area (Å²) in [5.74, 6) is -2.11. The van der Waals surface area contributed by atoms with Crippen molar-refractivity contribution in [2.75, 3.05) is 39.6 Å². The zero-order chi connectivity index (χ0) is 71.8. The molecule has 5 atom stereocenters. The van der Waals surface area contributed by atoms with E-state index in [4.69, 9.17) is 37.0 Å². The lowest BCUT2D eigenvalue weighted by Gasteiger charge is -2.21. The minimum absolute atomic E-state index is 0.108. The monoisotopic (exact) mass is 1440 g/mol. The molecule has 0 spiro atoms. The molecule has 0 aromatic carbocycles. The zero-order valence-corrected chi connectivity index (χ0v) is 65.6. The van der Waals surface area contributed by atoms with E-state index in [0.29, 0.717) is 25.7 Å². The fourth-order valence-electron chi connectivity index (χ4n) is 12.3. The largest absolute Gasteiger partial charge is 0.472 e. The van der Waals surface area contributed by atoms with Crippen LogP contribution >= 0.6 is 15.6 Å². The number of aliphatic hydroxyl groups excluding tert-OH is 1. The average molecular weight is 1440 g/mol. The van der Waals surface area contributed by atoms with Gasteiger partial charge in [-0.25, -0.2) is 9.13 Å². The molecule has 0 aromatic heterocycles. The smallest absolute Gasteiger partial charge is 0.462 e. The van der Waals surface area contributed by atoms with Crippen LogP contribution in [0.5, 0.6) is 0 Å². The highest BCUT2D eigenvalue weighted by Gasteiger charge is 2.30. The molecular weight excluding hydrogens is 1280 g/mol. The Kier molecular flexibility index (Phi) is 71.9.